The first-order valence-corrected chi connectivity index (χ1v) is 9.20. The van der Waals surface area contributed by atoms with Crippen molar-refractivity contribution in [1.29, 1.82) is 0 Å². The number of benzene rings is 1. The minimum atomic E-state index is -0.180. The van der Waals surface area contributed by atoms with Gasteiger partial charge < -0.3 is 15.1 Å². The number of hydrogen-bond donors (Lipinski definition) is 1. The molecule has 0 aliphatic carbocycles. The van der Waals surface area contributed by atoms with E-state index in [-0.39, 0.29) is 5.91 Å². The summed E-state index contributed by atoms with van der Waals surface area (Å²) < 4.78 is 1.89. The van der Waals surface area contributed by atoms with Gasteiger partial charge in [0, 0.05) is 54.8 Å². The molecule has 1 N–H and O–H groups in total. The second-order valence-electron chi connectivity index (χ2n) is 6.45. The van der Waals surface area contributed by atoms with E-state index in [1.807, 2.05) is 29.7 Å². The lowest BCUT2D eigenvalue weighted by Gasteiger charge is -2.34. The topological polar surface area (TPSA) is 52.9 Å². The Labute approximate surface area is 150 Å². The fraction of sp³-hybridized carbons (Fsp3) is 0.333. The Balaban J connectivity index is 1.43. The van der Waals surface area contributed by atoms with Crippen molar-refractivity contribution in [2.75, 3.05) is 43.4 Å². The van der Waals surface area contributed by atoms with Gasteiger partial charge in [0.2, 0.25) is 0 Å². The Morgan fingerprint density at radius 2 is 1.84 bits per heavy atom. The number of amides is 1. The van der Waals surface area contributed by atoms with Crippen molar-refractivity contribution >= 4 is 33.6 Å². The summed E-state index contributed by atoms with van der Waals surface area (Å²) in [5.41, 5.74) is 2.42. The van der Waals surface area contributed by atoms with Crippen LogP contribution >= 0.6 is 11.3 Å². The molecule has 130 valence electrons. The van der Waals surface area contributed by atoms with Gasteiger partial charge in [-0.05, 0) is 38.2 Å². The van der Waals surface area contributed by atoms with Crippen LogP contribution in [0.4, 0.5) is 11.4 Å². The summed E-state index contributed by atoms with van der Waals surface area (Å²) in [6, 6.07) is 8.04. The molecule has 3 heterocycles. The minimum Gasteiger partial charge on any atom is -0.369 e. The zero-order chi connectivity index (χ0) is 17.4. The first-order valence-electron chi connectivity index (χ1n) is 8.38. The highest BCUT2D eigenvalue weighted by Gasteiger charge is 2.15. The fourth-order valence-electron chi connectivity index (χ4n) is 3.04. The van der Waals surface area contributed by atoms with E-state index in [2.05, 4.69) is 39.3 Å². The van der Waals surface area contributed by atoms with Crippen molar-refractivity contribution in [2.24, 2.45) is 0 Å². The molecule has 1 aliphatic heterocycles. The van der Waals surface area contributed by atoms with Gasteiger partial charge in [-0.1, -0.05) is 0 Å². The van der Waals surface area contributed by atoms with Gasteiger partial charge >= 0.3 is 0 Å². The van der Waals surface area contributed by atoms with Crippen LogP contribution < -0.4 is 10.2 Å². The third kappa shape index (κ3) is 3.38. The summed E-state index contributed by atoms with van der Waals surface area (Å²) >= 11 is 1.58. The molecule has 0 bridgehead atoms. The number of rotatable bonds is 3. The van der Waals surface area contributed by atoms with E-state index in [1.165, 1.54) is 10.6 Å². The third-order valence-corrected chi connectivity index (χ3v) is 5.41. The molecule has 6 nitrogen and oxygen atoms in total. The molecule has 25 heavy (non-hydrogen) atoms. The van der Waals surface area contributed by atoms with Gasteiger partial charge in [-0.2, -0.15) is 0 Å². The Morgan fingerprint density at radius 3 is 2.52 bits per heavy atom. The van der Waals surface area contributed by atoms with Gasteiger partial charge in [-0.3, -0.25) is 9.20 Å². The van der Waals surface area contributed by atoms with Crippen LogP contribution in [0.1, 0.15) is 15.4 Å². The molecule has 0 spiro atoms. The average Bonchev–Trinajstić information content (AvgIpc) is 3.14. The summed E-state index contributed by atoms with van der Waals surface area (Å²) in [6.45, 7) is 6.26. The number of thiazole rings is 1. The largest absolute Gasteiger partial charge is 0.369 e. The molecule has 3 aromatic rings. The van der Waals surface area contributed by atoms with Crippen LogP contribution in [0.2, 0.25) is 0 Å². The lowest BCUT2D eigenvalue weighted by Crippen LogP contribution is -2.44. The van der Waals surface area contributed by atoms with Crippen LogP contribution in [-0.4, -0.2) is 53.4 Å². The summed E-state index contributed by atoms with van der Waals surface area (Å²) in [6.07, 6.45) is 3.75. The van der Waals surface area contributed by atoms with E-state index in [9.17, 15) is 4.79 Å². The predicted octanol–water partition coefficient (Wildman–Crippen LogP) is 2.71. The molecule has 1 saturated heterocycles. The van der Waals surface area contributed by atoms with Gasteiger partial charge in [0.25, 0.3) is 5.91 Å². The first kappa shape index (κ1) is 16.1. The van der Waals surface area contributed by atoms with E-state index in [4.69, 9.17) is 0 Å². The first-order chi connectivity index (χ1) is 12.1. The molecule has 4 rings (SSSR count). The number of imidazole rings is 1. The Bertz CT molecular complexity index is 858. The number of carbonyl (C=O) groups excluding carboxylic acids is 1. The molecule has 1 fully saturated rings. The highest BCUT2D eigenvalue weighted by atomic mass is 32.1. The molecule has 2 aromatic heterocycles. The molecule has 0 unspecified atom stereocenters. The lowest BCUT2D eigenvalue weighted by atomic mass is 10.2. The van der Waals surface area contributed by atoms with Crippen molar-refractivity contribution < 1.29 is 4.79 Å². The van der Waals surface area contributed by atoms with Crippen molar-refractivity contribution in [3.63, 3.8) is 0 Å². The number of aryl methyl sites for hydroxylation is 1. The molecule has 0 atom stereocenters. The molecule has 1 aliphatic rings. The maximum absolute atomic E-state index is 12.4. The average molecular weight is 355 g/mol. The second kappa shape index (κ2) is 6.50. The number of carbonyl (C=O) groups is 1. The van der Waals surface area contributed by atoms with Crippen LogP contribution in [0.15, 0.2) is 36.7 Å². The number of likely N-dealkylation sites (N-methyl/N-ethyl adjacent to an activating group) is 1. The maximum Gasteiger partial charge on any atom is 0.275 e. The van der Waals surface area contributed by atoms with Crippen LogP contribution in [0, 0.1) is 6.92 Å². The Hall–Kier alpha value is -2.38. The van der Waals surface area contributed by atoms with Gasteiger partial charge in [-0.25, -0.2) is 4.98 Å². The highest BCUT2D eigenvalue weighted by Crippen LogP contribution is 2.21. The molecule has 0 saturated carbocycles. The SMILES string of the molecule is Cc1cn2cc(C(=O)Nc3ccc(N4CCN(C)CC4)cc3)nc2s1. The number of nitrogens with zero attached hydrogens (tertiary/aromatic N) is 4. The van der Waals surface area contributed by atoms with E-state index in [1.54, 1.807) is 17.5 Å². The van der Waals surface area contributed by atoms with Crippen LogP contribution in [0.3, 0.4) is 0 Å². The summed E-state index contributed by atoms with van der Waals surface area (Å²) in [4.78, 5) is 23.5. The summed E-state index contributed by atoms with van der Waals surface area (Å²) in [5.74, 6) is -0.180. The van der Waals surface area contributed by atoms with Crippen LogP contribution in [-0.2, 0) is 0 Å². The quantitative estimate of drug-likeness (QED) is 0.785. The Morgan fingerprint density at radius 1 is 1.12 bits per heavy atom. The number of anilines is 2. The van der Waals surface area contributed by atoms with Gasteiger partial charge in [0.05, 0.1) is 0 Å². The Kier molecular flexibility index (Phi) is 4.19. The number of piperazine rings is 1. The highest BCUT2D eigenvalue weighted by molar-refractivity contribution is 7.17. The molecular weight excluding hydrogens is 334 g/mol. The van der Waals surface area contributed by atoms with E-state index < -0.39 is 0 Å². The lowest BCUT2D eigenvalue weighted by molar-refractivity contribution is 0.102. The van der Waals surface area contributed by atoms with Crippen LogP contribution in [0.25, 0.3) is 4.96 Å². The molecule has 7 heteroatoms. The number of nitrogens with one attached hydrogen (secondary N) is 1. The summed E-state index contributed by atoms with van der Waals surface area (Å²) in [7, 11) is 2.15. The molecule has 1 amide bonds. The van der Waals surface area contributed by atoms with Crippen molar-refractivity contribution in [1.82, 2.24) is 14.3 Å². The van der Waals surface area contributed by atoms with Crippen molar-refractivity contribution in [2.45, 2.75) is 6.92 Å². The standard InChI is InChI=1S/C18H21N5OS/c1-13-11-23-12-16(20-18(23)25-13)17(24)19-14-3-5-15(6-4-14)22-9-7-21(2)8-10-22/h3-6,11-12H,7-10H2,1-2H3,(H,19,24). The van der Waals surface area contributed by atoms with Gasteiger partial charge in [0.1, 0.15) is 5.69 Å². The maximum atomic E-state index is 12.4. The zero-order valence-corrected chi connectivity index (χ0v) is 15.2. The minimum absolute atomic E-state index is 0.180. The number of fused-ring (bicyclic) bond motifs is 1. The second-order valence-corrected chi connectivity index (χ2v) is 7.66. The van der Waals surface area contributed by atoms with E-state index >= 15 is 0 Å². The smallest absolute Gasteiger partial charge is 0.275 e. The molecule has 0 radical (unpaired) electrons. The van der Waals surface area contributed by atoms with E-state index in [0.29, 0.717) is 5.69 Å². The van der Waals surface area contributed by atoms with Crippen molar-refractivity contribution in [3.8, 4) is 0 Å². The number of hydrogen-bond acceptors (Lipinski definition) is 5. The fourth-order valence-corrected chi connectivity index (χ4v) is 3.84. The molecular formula is C18H21N5OS. The molecule has 1 aromatic carbocycles. The summed E-state index contributed by atoms with van der Waals surface area (Å²) in [5, 5.41) is 2.92. The normalized spacial score (nSPS) is 15.7. The van der Waals surface area contributed by atoms with E-state index in [0.717, 1.165) is 36.8 Å². The number of aromatic nitrogens is 2. The third-order valence-electron chi connectivity index (χ3n) is 4.50. The monoisotopic (exact) mass is 355 g/mol. The van der Waals surface area contributed by atoms with Gasteiger partial charge in [0.15, 0.2) is 4.96 Å². The van der Waals surface area contributed by atoms with Crippen molar-refractivity contribution in [3.05, 3.63) is 47.2 Å². The predicted molar refractivity (Wildman–Crippen MR) is 102 cm³/mol. The van der Waals surface area contributed by atoms with Gasteiger partial charge in [-0.15, -0.1) is 11.3 Å². The zero-order valence-electron chi connectivity index (χ0n) is 14.4. The van der Waals surface area contributed by atoms with Crippen LogP contribution in [0.5, 0.6) is 0 Å².